The first kappa shape index (κ1) is 22.2. The van der Waals surface area contributed by atoms with Gasteiger partial charge in [0, 0.05) is 33.2 Å². The molecule has 0 amide bonds. The van der Waals surface area contributed by atoms with Crippen molar-refractivity contribution in [3.05, 3.63) is 82.7 Å². The van der Waals surface area contributed by atoms with E-state index in [9.17, 15) is 19.3 Å². The highest BCUT2D eigenvalue weighted by molar-refractivity contribution is 5.39. The number of nitrogens with one attached hydrogen (secondary N) is 1. The van der Waals surface area contributed by atoms with Gasteiger partial charge in [-0.25, -0.2) is 8.78 Å². The normalized spacial score (nSPS) is 16.1. The average Bonchev–Trinajstić information content (AvgIpc) is 2.79. The maximum Gasteiger partial charge on any atom is 0.169 e. The molecule has 0 aliphatic carbocycles. The van der Waals surface area contributed by atoms with Crippen LogP contribution >= 0.6 is 0 Å². The monoisotopic (exact) mass is 423 g/mol. The molecule has 0 radical (unpaired) electrons. The SMILES string of the molecule is CN(C(NCc1ccc(F)cc1)=C(C#N)C#N)C1CN(Cc2ccc(F)cc2)CCO1. The van der Waals surface area contributed by atoms with Crippen LogP contribution in [0.1, 0.15) is 11.1 Å². The van der Waals surface area contributed by atoms with E-state index in [-0.39, 0.29) is 23.4 Å². The second-order valence-corrected chi connectivity index (χ2v) is 7.23. The molecular formula is C23H23F2N5O. The molecule has 0 saturated carbocycles. The molecule has 160 valence electrons. The zero-order chi connectivity index (χ0) is 22.2. The minimum Gasteiger partial charge on any atom is -0.366 e. The first-order valence-corrected chi connectivity index (χ1v) is 9.84. The third-order valence-corrected chi connectivity index (χ3v) is 5.07. The molecule has 1 atom stereocenters. The van der Waals surface area contributed by atoms with E-state index in [1.165, 1.54) is 24.3 Å². The molecule has 1 unspecified atom stereocenters. The number of hydrogen-bond acceptors (Lipinski definition) is 6. The molecule has 1 aliphatic rings. The molecule has 1 fully saturated rings. The molecule has 31 heavy (non-hydrogen) atoms. The molecule has 1 aliphatic heterocycles. The Morgan fingerprint density at radius 3 is 2.23 bits per heavy atom. The predicted octanol–water partition coefficient (Wildman–Crippen LogP) is 3.10. The van der Waals surface area contributed by atoms with E-state index in [0.29, 0.717) is 38.6 Å². The summed E-state index contributed by atoms with van der Waals surface area (Å²) in [6.07, 6.45) is -0.387. The van der Waals surface area contributed by atoms with Gasteiger partial charge >= 0.3 is 0 Å². The molecular weight excluding hydrogens is 400 g/mol. The molecule has 0 aromatic heterocycles. The summed E-state index contributed by atoms with van der Waals surface area (Å²) < 4.78 is 32.2. The van der Waals surface area contributed by atoms with Gasteiger partial charge in [-0.2, -0.15) is 10.5 Å². The quantitative estimate of drug-likeness (QED) is 0.690. The van der Waals surface area contributed by atoms with Crippen LogP contribution < -0.4 is 5.32 Å². The van der Waals surface area contributed by atoms with Crippen LogP contribution in [0.25, 0.3) is 0 Å². The Kier molecular flexibility index (Phi) is 7.55. The second-order valence-electron chi connectivity index (χ2n) is 7.23. The van der Waals surface area contributed by atoms with Crippen LogP contribution in [-0.2, 0) is 17.8 Å². The molecule has 0 spiro atoms. The maximum absolute atomic E-state index is 13.2. The van der Waals surface area contributed by atoms with Crippen LogP contribution in [0.4, 0.5) is 8.78 Å². The third kappa shape index (κ3) is 6.02. The minimum absolute atomic E-state index is 0.0659. The third-order valence-electron chi connectivity index (χ3n) is 5.07. The van der Waals surface area contributed by atoms with Gasteiger partial charge in [0.05, 0.1) is 6.61 Å². The highest BCUT2D eigenvalue weighted by atomic mass is 19.1. The summed E-state index contributed by atoms with van der Waals surface area (Å²) >= 11 is 0. The first-order valence-electron chi connectivity index (χ1n) is 9.84. The Labute approximate surface area is 180 Å². The number of nitriles is 2. The Hall–Kier alpha value is -3.46. The van der Waals surface area contributed by atoms with Gasteiger partial charge in [0.2, 0.25) is 0 Å². The van der Waals surface area contributed by atoms with E-state index >= 15 is 0 Å². The van der Waals surface area contributed by atoms with Crippen LogP contribution in [0, 0.1) is 34.3 Å². The number of allylic oxidation sites excluding steroid dienone is 1. The zero-order valence-electron chi connectivity index (χ0n) is 17.2. The molecule has 6 nitrogen and oxygen atoms in total. The van der Waals surface area contributed by atoms with E-state index in [1.54, 1.807) is 36.2 Å². The van der Waals surface area contributed by atoms with Gasteiger partial charge in [0.1, 0.15) is 35.8 Å². The van der Waals surface area contributed by atoms with Crippen molar-refractivity contribution in [2.45, 2.75) is 19.3 Å². The smallest absolute Gasteiger partial charge is 0.169 e. The van der Waals surface area contributed by atoms with Crippen LogP contribution in [0.3, 0.4) is 0 Å². The minimum atomic E-state index is -0.387. The fourth-order valence-corrected chi connectivity index (χ4v) is 3.36. The van der Waals surface area contributed by atoms with Gasteiger partial charge in [0.25, 0.3) is 0 Å². The highest BCUT2D eigenvalue weighted by Gasteiger charge is 2.27. The van der Waals surface area contributed by atoms with Gasteiger partial charge in [0.15, 0.2) is 5.57 Å². The van der Waals surface area contributed by atoms with Crippen molar-refractivity contribution < 1.29 is 13.5 Å². The summed E-state index contributed by atoms with van der Waals surface area (Å²) in [4.78, 5) is 3.91. The van der Waals surface area contributed by atoms with Crippen molar-refractivity contribution >= 4 is 0 Å². The maximum atomic E-state index is 13.2. The van der Waals surface area contributed by atoms with Gasteiger partial charge in [-0.15, -0.1) is 0 Å². The highest BCUT2D eigenvalue weighted by Crippen LogP contribution is 2.17. The second kappa shape index (κ2) is 10.5. The number of halogens is 2. The van der Waals surface area contributed by atoms with Crippen molar-refractivity contribution in [2.24, 2.45) is 0 Å². The van der Waals surface area contributed by atoms with E-state index in [2.05, 4.69) is 10.2 Å². The lowest BCUT2D eigenvalue weighted by atomic mass is 10.2. The molecule has 1 heterocycles. The zero-order valence-corrected chi connectivity index (χ0v) is 17.2. The standard InChI is InChI=1S/C23H23F2N5O/c1-29(22-16-30(10-11-31-22)15-18-4-8-21(25)9-5-18)23(19(12-26)13-27)28-14-17-2-6-20(24)7-3-17/h2-9,22,28H,10-11,14-16H2,1H3. The van der Waals surface area contributed by atoms with E-state index in [4.69, 9.17) is 4.74 Å². The number of hydrogen-bond donors (Lipinski definition) is 1. The predicted molar refractivity (Wildman–Crippen MR) is 111 cm³/mol. The summed E-state index contributed by atoms with van der Waals surface area (Å²) in [5.74, 6) is -0.253. The Bertz CT molecular complexity index is 977. The average molecular weight is 423 g/mol. The van der Waals surface area contributed by atoms with Crippen molar-refractivity contribution in [3.63, 3.8) is 0 Å². The van der Waals surface area contributed by atoms with Crippen LogP contribution in [0.5, 0.6) is 0 Å². The molecule has 0 bridgehead atoms. The van der Waals surface area contributed by atoms with E-state index in [0.717, 1.165) is 11.1 Å². The van der Waals surface area contributed by atoms with Crippen molar-refractivity contribution in [3.8, 4) is 12.1 Å². The molecule has 2 aromatic rings. The van der Waals surface area contributed by atoms with Gasteiger partial charge in [-0.3, -0.25) is 4.90 Å². The lowest BCUT2D eigenvalue weighted by Gasteiger charge is -2.39. The molecule has 2 aromatic carbocycles. The topological polar surface area (TPSA) is 75.3 Å². The largest absolute Gasteiger partial charge is 0.366 e. The lowest BCUT2D eigenvalue weighted by molar-refractivity contribution is -0.0957. The Morgan fingerprint density at radius 1 is 1.06 bits per heavy atom. The van der Waals surface area contributed by atoms with Crippen molar-refractivity contribution in [1.29, 1.82) is 10.5 Å². The molecule has 3 rings (SSSR count). The molecule has 1 N–H and O–H groups in total. The summed E-state index contributed by atoms with van der Waals surface area (Å²) in [6.45, 7) is 2.70. The number of nitrogens with zero attached hydrogens (tertiary/aromatic N) is 4. The summed E-state index contributed by atoms with van der Waals surface area (Å²) in [6, 6.07) is 16.2. The van der Waals surface area contributed by atoms with E-state index in [1.807, 2.05) is 12.1 Å². The number of rotatable bonds is 7. The van der Waals surface area contributed by atoms with Crippen LogP contribution in [0.2, 0.25) is 0 Å². The number of morpholine rings is 1. The lowest BCUT2D eigenvalue weighted by Crippen LogP contribution is -2.50. The van der Waals surface area contributed by atoms with Crippen molar-refractivity contribution in [1.82, 2.24) is 15.1 Å². The summed E-state index contributed by atoms with van der Waals surface area (Å²) in [7, 11) is 1.76. The van der Waals surface area contributed by atoms with Gasteiger partial charge in [-0.1, -0.05) is 24.3 Å². The van der Waals surface area contributed by atoms with Crippen LogP contribution in [0.15, 0.2) is 59.9 Å². The molecule has 1 saturated heterocycles. The first-order chi connectivity index (χ1) is 15.0. The summed E-state index contributed by atoms with van der Waals surface area (Å²) in [5.41, 5.74) is 1.73. The van der Waals surface area contributed by atoms with E-state index < -0.39 is 0 Å². The Balaban J connectivity index is 1.70. The number of likely N-dealkylation sites (N-methyl/N-ethyl adjacent to an activating group) is 1. The Morgan fingerprint density at radius 2 is 1.65 bits per heavy atom. The summed E-state index contributed by atoms with van der Waals surface area (Å²) in [5, 5.41) is 22.0. The fraction of sp³-hybridized carbons (Fsp3) is 0.304. The number of ether oxygens (including phenoxy) is 1. The fourth-order valence-electron chi connectivity index (χ4n) is 3.36. The van der Waals surface area contributed by atoms with Gasteiger partial charge < -0.3 is 15.0 Å². The molecule has 8 heteroatoms. The number of benzene rings is 2. The van der Waals surface area contributed by atoms with Crippen LogP contribution in [-0.4, -0.2) is 42.8 Å². The van der Waals surface area contributed by atoms with Gasteiger partial charge in [-0.05, 0) is 35.4 Å². The van der Waals surface area contributed by atoms with Crippen molar-refractivity contribution in [2.75, 3.05) is 26.7 Å².